The van der Waals surface area contributed by atoms with Gasteiger partial charge in [0.1, 0.15) is 5.00 Å². The Labute approximate surface area is 109 Å². The summed E-state index contributed by atoms with van der Waals surface area (Å²) in [5.41, 5.74) is 7.30. The molecule has 0 saturated heterocycles. The molecule has 1 heterocycles. The van der Waals surface area contributed by atoms with Crippen molar-refractivity contribution in [3.05, 3.63) is 10.7 Å². The Morgan fingerprint density at radius 3 is 2.71 bits per heavy atom. The van der Waals surface area contributed by atoms with Crippen molar-refractivity contribution in [3.8, 4) is 0 Å². The fourth-order valence-corrected chi connectivity index (χ4v) is 3.93. The molecule has 2 rings (SSSR count). The van der Waals surface area contributed by atoms with E-state index in [0.29, 0.717) is 11.8 Å². The second kappa shape index (κ2) is 5.85. The average Bonchev–Trinajstić information content (AvgIpc) is 2.73. The number of hydrogen-bond acceptors (Lipinski definition) is 3. The Morgan fingerprint density at radius 2 is 2.06 bits per heavy atom. The molecule has 2 nitrogen and oxygen atoms in total. The van der Waals surface area contributed by atoms with Crippen LogP contribution in [0.5, 0.6) is 0 Å². The van der Waals surface area contributed by atoms with Gasteiger partial charge in [-0.1, -0.05) is 39.5 Å². The van der Waals surface area contributed by atoms with E-state index in [1.54, 1.807) is 11.3 Å². The zero-order valence-corrected chi connectivity index (χ0v) is 11.9. The number of hydrogen-bond donors (Lipinski definition) is 1. The van der Waals surface area contributed by atoms with Gasteiger partial charge in [0.25, 0.3) is 0 Å². The fraction of sp³-hybridized carbons (Fsp3) is 0.786. The first-order valence-electron chi connectivity index (χ1n) is 6.98. The molecule has 1 unspecified atom stereocenters. The van der Waals surface area contributed by atoms with Gasteiger partial charge in [-0.3, -0.25) is 0 Å². The van der Waals surface area contributed by atoms with Crippen LogP contribution in [0.1, 0.15) is 81.3 Å². The van der Waals surface area contributed by atoms with Crippen LogP contribution in [0, 0.1) is 0 Å². The van der Waals surface area contributed by atoms with Gasteiger partial charge in [0.2, 0.25) is 0 Å². The van der Waals surface area contributed by atoms with Gasteiger partial charge in [0, 0.05) is 11.8 Å². The molecule has 0 radical (unpaired) electrons. The van der Waals surface area contributed by atoms with E-state index < -0.39 is 0 Å². The van der Waals surface area contributed by atoms with Crippen molar-refractivity contribution in [2.24, 2.45) is 0 Å². The first-order chi connectivity index (χ1) is 8.22. The summed E-state index contributed by atoms with van der Waals surface area (Å²) in [5, 5.41) is 2.27. The van der Waals surface area contributed by atoms with Gasteiger partial charge in [0.15, 0.2) is 0 Å². The molecule has 96 valence electrons. The highest BCUT2D eigenvalue weighted by Crippen LogP contribution is 2.39. The van der Waals surface area contributed by atoms with E-state index in [4.69, 9.17) is 10.7 Å². The Morgan fingerprint density at radius 1 is 1.35 bits per heavy atom. The van der Waals surface area contributed by atoms with E-state index in [9.17, 15) is 0 Å². The zero-order valence-electron chi connectivity index (χ0n) is 11.0. The molecule has 1 atom stereocenters. The van der Waals surface area contributed by atoms with Crippen molar-refractivity contribution in [1.82, 2.24) is 4.98 Å². The minimum Gasteiger partial charge on any atom is -0.389 e. The van der Waals surface area contributed by atoms with Crippen LogP contribution in [-0.2, 0) is 0 Å². The van der Waals surface area contributed by atoms with E-state index >= 15 is 0 Å². The normalized spacial score (nSPS) is 19.4. The quantitative estimate of drug-likeness (QED) is 0.845. The van der Waals surface area contributed by atoms with Crippen LogP contribution in [0.2, 0.25) is 0 Å². The molecule has 1 aliphatic rings. The highest BCUT2D eigenvalue weighted by Gasteiger charge is 2.22. The molecule has 3 heteroatoms. The Kier molecular flexibility index (Phi) is 4.43. The van der Waals surface area contributed by atoms with Crippen LogP contribution in [-0.4, -0.2) is 4.98 Å². The van der Waals surface area contributed by atoms with Gasteiger partial charge in [-0.15, -0.1) is 11.3 Å². The molecule has 0 amide bonds. The number of nitrogen functional groups attached to an aromatic ring is 1. The van der Waals surface area contributed by atoms with Crippen LogP contribution >= 0.6 is 11.3 Å². The molecule has 1 aromatic rings. The summed E-state index contributed by atoms with van der Waals surface area (Å²) in [4.78, 5) is 4.85. The summed E-state index contributed by atoms with van der Waals surface area (Å²) in [5.74, 6) is 1.22. The molecule has 1 aliphatic carbocycles. The molecule has 0 bridgehead atoms. The van der Waals surface area contributed by atoms with Crippen LogP contribution in [0.4, 0.5) is 5.00 Å². The van der Waals surface area contributed by atoms with E-state index in [1.807, 2.05) is 0 Å². The minimum atomic E-state index is 0.522. The minimum absolute atomic E-state index is 0.522. The maximum Gasteiger partial charge on any atom is 0.110 e. The van der Waals surface area contributed by atoms with Crippen LogP contribution < -0.4 is 5.73 Å². The van der Waals surface area contributed by atoms with Crippen molar-refractivity contribution in [1.29, 1.82) is 0 Å². The smallest absolute Gasteiger partial charge is 0.110 e. The lowest BCUT2D eigenvalue weighted by molar-refractivity contribution is 0.441. The van der Waals surface area contributed by atoms with E-state index in [0.717, 1.165) is 10.7 Å². The summed E-state index contributed by atoms with van der Waals surface area (Å²) < 4.78 is 0. The summed E-state index contributed by atoms with van der Waals surface area (Å²) in [6.45, 7) is 4.47. The number of nitrogens with two attached hydrogens (primary N) is 1. The number of aromatic nitrogens is 1. The summed E-state index contributed by atoms with van der Waals surface area (Å²) in [7, 11) is 0. The van der Waals surface area contributed by atoms with Gasteiger partial charge in [0.05, 0.1) is 10.7 Å². The average molecular weight is 252 g/mol. The first kappa shape index (κ1) is 12.9. The lowest BCUT2D eigenvalue weighted by Crippen LogP contribution is -2.04. The van der Waals surface area contributed by atoms with Gasteiger partial charge < -0.3 is 5.73 Å². The third kappa shape index (κ3) is 3.01. The largest absolute Gasteiger partial charge is 0.389 e. The zero-order chi connectivity index (χ0) is 12.3. The van der Waals surface area contributed by atoms with E-state index in [2.05, 4.69) is 13.8 Å². The maximum atomic E-state index is 6.14. The molecule has 1 fully saturated rings. The fourth-order valence-electron chi connectivity index (χ4n) is 2.81. The lowest BCUT2D eigenvalue weighted by Gasteiger charge is -2.19. The number of thiazole rings is 1. The van der Waals surface area contributed by atoms with Crippen LogP contribution in [0.15, 0.2) is 0 Å². The second-order valence-corrected chi connectivity index (χ2v) is 6.39. The number of rotatable bonds is 4. The van der Waals surface area contributed by atoms with Crippen molar-refractivity contribution < 1.29 is 0 Å². The van der Waals surface area contributed by atoms with Gasteiger partial charge in [-0.05, 0) is 19.3 Å². The summed E-state index contributed by atoms with van der Waals surface area (Å²) >= 11 is 1.74. The highest BCUT2D eigenvalue weighted by atomic mass is 32.1. The molecule has 0 spiro atoms. The summed E-state index contributed by atoms with van der Waals surface area (Å²) in [6.07, 6.45) is 9.16. The Balaban J connectivity index is 2.11. The number of nitrogens with zero attached hydrogens (tertiary/aromatic N) is 1. The molecule has 2 N–H and O–H groups in total. The lowest BCUT2D eigenvalue weighted by atomic mass is 9.90. The van der Waals surface area contributed by atoms with Gasteiger partial charge in [-0.2, -0.15) is 0 Å². The topological polar surface area (TPSA) is 38.9 Å². The Hall–Kier alpha value is -0.570. The maximum absolute atomic E-state index is 6.14. The predicted octanol–water partition coefficient (Wildman–Crippen LogP) is 4.68. The number of anilines is 1. The van der Waals surface area contributed by atoms with Crippen molar-refractivity contribution in [2.45, 2.75) is 70.6 Å². The van der Waals surface area contributed by atoms with Crippen molar-refractivity contribution in [3.63, 3.8) is 0 Å². The standard InChI is InChI=1S/C14H24N2S/c1-3-7-10(2)12-13(15)17-14(16-12)11-8-5-4-6-9-11/h10-11H,3-9,15H2,1-2H3. The van der Waals surface area contributed by atoms with Crippen molar-refractivity contribution in [2.75, 3.05) is 5.73 Å². The predicted molar refractivity (Wildman–Crippen MR) is 75.7 cm³/mol. The molecule has 17 heavy (non-hydrogen) atoms. The first-order valence-corrected chi connectivity index (χ1v) is 7.80. The molecule has 0 aromatic carbocycles. The van der Waals surface area contributed by atoms with Crippen LogP contribution in [0.3, 0.4) is 0 Å². The van der Waals surface area contributed by atoms with Crippen molar-refractivity contribution >= 4 is 16.3 Å². The Bertz CT molecular complexity index is 353. The third-order valence-corrected chi connectivity index (χ3v) is 4.90. The highest BCUT2D eigenvalue weighted by molar-refractivity contribution is 7.15. The SMILES string of the molecule is CCCC(C)c1nc(C2CCCCC2)sc1N. The molecular weight excluding hydrogens is 228 g/mol. The molecule has 1 aromatic heterocycles. The summed E-state index contributed by atoms with van der Waals surface area (Å²) in [6, 6.07) is 0. The molecular formula is C14H24N2S. The third-order valence-electron chi connectivity index (χ3n) is 3.84. The van der Waals surface area contributed by atoms with Gasteiger partial charge >= 0.3 is 0 Å². The molecule has 0 aliphatic heterocycles. The van der Waals surface area contributed by atoms with Gasteiger partial charge in [-0.25, -0.2) is 4.98 Å². The monoisotopic (exact) mass is 252 g/mol. The van der Waals surface area contributed by atoms with E-state index in [1.165, 1.54) is 50.0 Å². The van der Waals surface area contributed by atoms with Crippen LogP contribution in [0.25, 0.3) is 0 Å². The van der Waals surface area contributed by atoms with E-state index in [-0.39, 0.29) is 0 Å². The molecule has 1 saturated carbocycles. The second-order valence-electron chi connectivity index (χ2n) is 5.33.